The number of anilines is 2. The van der Waals surface area contributed by atoms with Crippen molar-refractivity contribution in [3.8, 4) is 11.1 Å². The van der Waals surface area contributed by atoms with Gasteiger partial charge in [-0.2, -0.15) is 13.2 Å². The van der Waals surface area contributed by atoms with Crippen molar-refractivity contribution in [1.29, 1.82) is 0 Å². The monoisotopic (exact) mass is 533 g/mol. The van der Waals surface area contributed by atoms with Gasteiger partial charge in [-0.1, -0.05) is 35.6 Å². The first-order valence-electron chi connectivity index (χ1n) is 10.6. The zero-order valence-electron chi connectivity index (χ0n) is 18.6. The Bertz CT molecular complexity index is 1400. The number of nitrogens with one attached hydrogen (secondary N) is 2. The number of halogens is 4. The Kier molecular flexibility index (Phi) is 7.18. The summed E-state index contributed by atoms with van der Waals surface area (Å²) in [6.07, 6.45) is -4.41. The molecule has 1 amide bonds. The molecule has 2 atom stereocenters. The van der Waals surface area contributed by atoms with Crippen LogP contribution in [0.1, 0.15) is 22.8 Å². The van der Waals surface area contributed by atoms with Gasteiger partial charge in [-0.15, -0.1) is 11.6 Å². The average Bonchev–Trinajstić information content (AvgIpc) is 3.23. The van der Waals surface area contributed by atoms with Crippen molar-refractivity contribution < 1.29 is 27.9 Å². The van der Waals surface area contributed by atoms with Gasteiger partial charge in [0.2, 0.25) is 0 Å². The molecule has 4 aromatic rings. The van der Waals surface area contributed by atoms with Gasteiger partial charge in [-0.3, -0.25) is 4.79 Å². The molecule has 6 nitrogen and oxygen atoms in total. The summed E-state index contributed by atoms with van der Waals surface area (Å²) in [5, 5.41) is 14.4. The number of nitrogens with zero attached hydrogens (tertiary/aromatic N) is 1. The van der Waals surface area contributed by atoms with Crippen LogP contribution in [0.5, 0.6) is 0 Å². The quantitative estimate of drug-likeness (QED) is 0.235. The van der Waals surface area contributed by atoms with Gasteiger partial charge < -0.3 is 15.7 Å². The number of amides is 1. The van der Waals surface area contributed by atoms with Crippen molar-refractivity contribution in [2.75, 3.05) is 5.32 Å². The van der Waals surface area contributed by atoms with Crippen molar-refractivity contribution in [1.82, 2.24) is 10.3 Å². The number of aliphatic carboxylic acids is 1. The highest BCUT2D eigenvalue weighted by molar-refractivity contribution is 7.22. The molecule has 11 heteroatoms. The van der Waals surface area contributed by atoms with E-state index in [1.54, 1.807) is 24.3 Å². The maximum Gasteiger partial charge on any atom is 0.416 e. The predicted octanol–water partition coefficient (Wildman–Crippen LogP) is 6.54. The maximum atomic E-state index is 12.9. The van der Waals surface area contributed by atoms with Gasteiger partial charge in [0, 0.05) is 11.3 Å². The molecule has 4 rings (SSSR count). The molecular weight excluding hydrogens is 515 g/mol. The molecule has 0 fully saturated rings. The Morgan fingerprint density at radius 1 is 1.00 bits per heavy atom. The molecule has 1 aromatic heterocycles. The Morgan fingerprint density at radius 2 is 1.61 bits per heavy atom. The molecule has 0 aliphatic carbocycles. The zero-order chi connectivity index (χ0) is 26.0. The molecule has 1 unspecified atom stereocenters. The van der Waals surface area contributed by atoms with Gasteiger partial charge in [0.15, 0.2) is 5.13 Å². The fourth-order valence-corrected chi connectivity index (χ4v) is 4.53. The van der Waals surface area contributed by atoms with Crippen molar-refractivity contribution in [3.63, 3.8) is 0 Å². The number of benzene rings is 3. The maximum absolute atomic E-state index is 12.9. The minimum absolute atomic E-state index is 0.296. The largest absolute Gasteiger partial charge is 0.480 e. The third-order valence-corrected chi connectivity index (χ3v) is 6.53. The van der Waals surface area contributed by atoms with E-state index in [-0.39, 0.29) is 0 Å². The first kappa shape index (κ1) is 25.5. The molecule has 0 aliphatic rings. The number of hydrogen-bond donors (Lipinski definition) is 3. The van der Waals surface area contributed by atoms with Crippen molar-refractivity contribution in [2.24, 2.45) is 0 Å². The number of carboxylic acid groups (broad SMARTS) is 1. The highest BCUT2D eigenvalue weighted by atomic mass is 35.5. The number of rotatable bonds is 7. The van der Waals surface area contributed by atoms with E-state index in [4.69, 9.17) is 11.6 Å². The van der Waals surface area contributed by atoms with Crippen molar-refractivity contribution >= 4 is 55.8 Å². The second-order valence-electron chi connectivity index (χ2n) is 7.95. The number of fused-ring (bicyclic) bond motifs is 1. The summed E-state index contributed by atoms with van der Waals surface area (Å²) in [5.74, 6) is -1.76. The van der Waals surface area contributed by atoms with E-state index in [1.807, 2.05) is 24.3 Å². The van der Waals surface area contributed by atoms with Gasteiger partial charge in [0.25, 0.3) is 5.91 Å². The lowest BCUT2D eigenvalue weighted by Crippen LogP contribution is -2.45. The van der Waals surface area contributed by atoms with Crippen molar-refractivity contribution in [2.45, 2.75) is 24.5 Å². The first-order valence-corrected chi connectivity index (χ1v) is 11.9. The molecular formula is C25H19ClF3N3O3S. The van der Waals surface area contributed by atoms with Crippen LogP contribution in [0.4, 0.5) is 24.0 Å². The molecule has 0 saturated heterocycles. The van der Waals surface area contributed by atoms with Crippen LogP contribution in [-0.2, 0) is 11.0 Å². The third-order valence-electron chi connectivity index (χ3n) is 5.34. The van der Waals surface area contributed by atoms with Gasteiger partial charge in [0.1, 0.15) is 6.04 Å². The Hall–Kier alpha value is -3.63. The molecule has 0 spiro atoms. The lowest BCUT2D eigenvalue weighted by atomic mass is 10.0. The summed E-state index contributed by atoms with van der Waals surface area (Å²) in [6.45, 7) is 1.49. The topological polar surface area (TPSA) is 91.3 Å². The summed E-state index contributed by atoms with van der Waals surface area (Å²) < 4.78 is 39.3. The lowest BCUT2D eigenvalue weighted by molar-refractivity contribution is -0.139. The lowest BCUT2D eigenvalue weighted by Gasteiger charge is -2.16. The van der Waals surface area contributed by atoms with Crippen molar-refractivity contribution in [3.05, 3.63) is 77.9 Å². The highest BCUT2D eigenvalue weighted by Crippen LogP contribution is 2.35. The zero-order valence-corrected chi connectivity index (χ0v) is 20.2. The molecule has 0 saturated carbocycles. The molecule has 3 N–H and O–H groups in total. The van der Waals surface area contributed by atoms with E-state index in [0.29, 0.717) is 26.6 Å². The third kappa shape index (κ3) is 5.77. The van der Waals surface area contributed by atoms with E-state index >= 15 is 0 Å². The van der Waals surface area contributed by atoms with Crippen LogP contribution in [0.3, 0.4) is 0 Å². The number of carbonyl (C=O) groups is 2. The van der Waals surface area contributed by atoms with E-state index in [9.17, 15) is 27.9 Å². The van der Waals surface area contributed by atoms with Gasteiger partial charge >= 0.3 is 12.1 Å². The predicted molar refractivity (Wildman–Crippen MR) is 134 cm³/mol. The number of thiazole rings is 1. The highest BCUT2D eigenvalue weighted by Gasteiger charge is 2.30. The van der Waals surface area contributed by atoms with Crippen LogP contribution in [0, 0.1) is 0 Å². The van der Waals surface area contributed by atoms with Gasteiger partial charge in [0.05, 0.1) is 21.2 Å². The molecule has 0 bridgehead atoms. The standard InChI is InChI=1S/C25H19ClF3N3O3S/c1-13(26)21(23(34)35)32-22(33)16-4-2-14(3-5-16)15-6-9-18(10-7-15)30-24-31-19-11-8-17(25(27,28)29)12-20(19)36-24/h2-13,21H,1H3,(H,30,31)(H,32,33)(H,34,35)/t13?,21-/m0/s1. The minimum atomic E-state index is -4.41. The van der Waals surface area contributed by atoms with Gasteiger partial charge in [-0.05, 0) is 60.5 Å². The van der Waals surface area contributed by atoms with Crippen LogP contribution >= 0.6 is 22.9 Å². The first-order chi connectivity index (χ1) is 17.0. The summed E-state index contributed by atoms with van der Waals surface area (Å²) >= 11 is 6.97. The van der Waals surface area contributed by atoms with E-state index in [1.165, 1.54) is 13.0 Å². The Morgan fingerprint density at radius 3 is 2.17 bits per heavy atom. The Labute approximate surface area is 212 Å². The number of aromatic nitrogens is 1. The second kappa shape index (κ2) is 10.2. The number of alkyl halides is 4. The van der Waals surface area contributed by atoms with Crippen LogP contribution in [0.15, 0.2) is 66.7 Å². The smallest absolute Gasteiger partial charge is 0.416 e. The van der Waals surface area contributed by atoms with E-state index < -0.39 is 35.0 Å². The fraction of sp³-hybridized carbons (Fsp3) is 0.160. The number of carbonyl (C=O) groups excluding carboxylic acids is 1. The fourth-order valence-electron chi connectivity index (χ4n) is 3.44. The SMILES string of the molecule is CC(Cl)[C@H](NC(=O)c1ccc(-c2ccc(Nc3nc4ccc(C(F)(F)F)cc4s3)cc2)cc1)C(=O)O. The Balaban J connectivity index is 1.44. The summed E-state index contributed by atoms with van der Waals surface area (Å²) in [7, 11) is 0. The summed E-state index contributed by atoms with van der Waals surface area (Å²) in [4.78, 5) is 27.9. The van der Waals surface area contributed by atoms with Crippen LogP contribution in [0.2, 0.25) is 0 Å². The average molecular weight is 534 g/mol. The van der Waals surface area contributed by atoms with E-state index in [0.717, 1.165) is 34.6 Å². The normalized spacial score (nSPS) is 13.2. The second-order valence-corrected chi connectivity index (χ2v) is 9.66. The minimum Gasteiger partial charge on any atom is -0.480 e. The summed E-state index contributed by atoms with van der Waals surface area (Å²) in [6, 6.07) is 16.2. The molecule has 186 valence electrons. The molecule has 0 radical (unpaired) electrons. The summed E-state index contributed by atoms with van der Waals surface area (Å²) in [5.41, 5.74) is 2.47. The van der Waals surface area contributed by atoms with Crippen LogP contribution in [0.25, 0.3) is 21.3 Å². The molecule has 1 heterocycles. The van der Waals surface area contributed by atoms with Crippen LogP contribution in [-0.4, -0.2) is 33.4 Å². The van der Waals surface area contributed by atoms with Gasteiger partial charge in [-0.25, -0.2) is 9.78 Å². The number of carboxylic acids is 1. The molecule has 0 aliphatic heterocycles. The molecule has 3 aromatic carbocycles. The number of hydrogen-bond acceptors (Lipinski definition) is 5. The van der Waals surface area contributed by atoms with E-state index in [2.05, 4.69) is 15.6 Å². The van der Waals surface area contributed by atoms with Crippen LogP contribution < -0.4 is 10.6 Å². The molecule has 36 heavy (non-hydrogen) atoms.